The van der Waals surface area contributed by atoms with Crippen LogP contribution in [0.2, 0.25) is 0 Å². The molecule has 1 aromatic heterocycles. The number of nitrogens with one attached hydrogen (secondary N) is 2. The van der Waals surface area contributed by atoms with Crippen LogP contribution in [0.1, 0.15) is 30.9 Å². The lowest BCUT2D eigenvalue weighted by molar-refractivity contribution is 0.579. The maximum Gasteiger partial charge on any atom is 0.126 e. The van der Waals surface area contributed by atoms with Crippen LogP contribution in [0.25, 0.3) is 0 Å². The predicted molar refractivity (Wildman–Crippen MR) is 69.7 cm³/mol. The SMILES string of the molecule is CC(C)NCc1cnc(Cc2cc(F)cc(F)c2)[nH]1. The average molecular weight is 265 g/mol. The molecular weight excluding hydrogens is 248 g/mol. The fraction of sp³-hybridized carbons (Fsp3) is 0.357. The summed E-state index contributed by atoms with van der Waals surface area (Å²) in [6.45, 7) is 4.82. The van der Waals surface area contributed by atoms with Gasteiger partial charge in [-0.1, -0.05) is 13.8 Å². The Kier molecular flexibility index (Phi) is 4.27. The number of halogens is 2. The number of H-pyrrole nitrogens is 1. The smallest absolute Gasteiger partial charge is 0.126 e. The van der Waals surface area contributed by atoms with E-state index in [1.807, 2.05) is 0 Å². The van der Waals surface area contributed by atoms with Gasteiger partial charge >= 0.3 is 0 Å². The van der Waals surface area contributed by atoms with Gasteiger partial charge in [0.15, 0.2) is 0 Å². The van der Waals surface area contributed by atoms with Gasteiger partial charge in [0.1, 0.15) is 17.5 Å². The summed E-state index contributed by atoms with van der Waals surface area (Å²) >= 11 is 0. The van der Waals surface area contributed by atoms with Crippen LogP contribution in [0.5, 0.6) is 0 Å². The highest BCUT2D eigenvalue weighted by molar-refractivity contribution is 5.21. The molecule has 0 atom stereocenters. The summed E-state index contributed by atoms with van der Waals surface area (Å²) < 4.78 is 26.1. The molecule has 0 unspecified atom stereocenters. The Morgan fingerprint density at radius 3 is 2.53 bits per heavy atom. The molecule has 2 rings (SSSR count). The van der Waals surface area contributed by atoms with Gasteiger partial charge < -0.3 is 10.3 Å². The first-order valence-electron chi connectivity index (χ1n) is 6.24. The minimum Gasteiger partial charge on any atom is -0.345 e. The second kappa shape index (κ2) is 5.93. The van der Waals surface area contributed by atoms with E-state index in [0.717, 1.165) is 11.8 Å². The molecule has 0 fully saturated rings. The zero-order valence-corrected chi connectivity index (χ0v) is 11.0. The number of rotatable bonds is 5. The molecule has 2 aromatic rings. The molecular formula is C14H17F2N3. The largest absolute Gasteiger partial charge is 0.345 e. The lowest BCUT2D eigenvalue weighted by Gasteiger charge is -2.05. The summed E-state index contributed by atoms with van der Waals surface area (Å²) in [5, 5.41) is 3.27. The van der Waals surface area contributed by atoms with Crippen LogP contribution in [-0.2, 0) is 13.0 Å². The van der Waals surface area contributed by atoms with Crippen LogP contribution in [-0.4, -0.2) is 16.0 Å². The quantitative estimate of drug-likeness (QED) is 0.872. The minimum absolute atomic E-state index is 0.385. The molecule has 0 amide bonds. The summed E-state index contributed by atoms with van der Waals surface area (Å²) in [6.07, 6.45) is 2.12. The highest BCUT2D eigenvalue weighted by Crippen LogP contribution is 2.11. The molecule has 1 aromatic carbocycles. The third-order valence-corrected chi connectivity index (χ3v) is 2.68. The van der Waals surface area contributed by atoms with Crippen LogP contribution in [0.15, 0.2) is 24.4 Å². The summed E-state index contributed by atoms with van der Waals surface area (Å²) in [6, 6.07) is 3.89. The number of benzene rings is 1. The Bertz CT molecular complexity index is 529. The van der Waals surface area contributed by atoms with Gasteiger partial charge in [0.05, 0.1) is 0 Å². The Labute approximate surface area is 111 Å². The lowest BCUT2D eigenvalue weighted by Crippen LogP contribution is -2.21. The van der Waals surface area contributed by atoms with Gasteiger partial charge in [-0.3, -0.25) is 0 Å². The van der Waals surface area contributed by atoms with Gasteiger partial charge in [0.2, 0.25) is 0 Å². The molecule has 1 heterocycles. The van der Waals surface area contributed by atoms with E-state index in [2.05, 4.69) is 29.1 Å². The van der Waals surface area contributed by atoms with E-state index in [9.17, 15) is 8.78 Å². The maximum atomic E-state index is 13.1. The highest BCUT2D eigenvalue weighted by atomic mass is 19.1. The van der Waals surface area contributed by atoms with E-state index >= 15 is 0 Å². The Hall–Kier alpha value is -1.75. The van der Waals surface area contributed by atoms with Crippen LogP contribution < -0.4 is 5.32 Å². The third-order valence-electron chi connectivity index (χ3n) is 2.68. The highest BCUT2D eigenvalue weighted by Gasteiger charge is 2.05. The number of nitrogens with zero attached hydrogens (tertiary/aromatic N) is 1. The average Bonchev–Trinajstić information content (AvgIpc) is 2.72. The second-order valence-corrected chi connectivity index (χ2v) is 4.85. The second-order valence-electron chi connectivity index (χ2n) is 4.85. The zero-order valence-electron chi connectivity index (χ0n) is 11.0. The fourth-order valence-corrected chi connectivity index (χ4v) is 1.81. The van der Waals surface area contributed by atoms with Gasteiger partial charge in [-0.25, -0.2) is 13.8 Å². The van der Waals surface area contributed by atoms with Crippen molar-refractivity contribution >= 4 is 0 Å². The molecule has 0 spiro atoms. The van der Waals surface area contributed by atoms with Crippen molar-refractivity contribution in [3.63, 3.8) is 0 Å². The number of aromatic nitrogens is 2. The molecule has 0 aliphatic carbocycles. The van der Waals surface area contributed by atoms with Crippen LogP contribution in [0.3, 0.4) is 0 Å². The molecule has 0 bridgehead atoms. The van der Waals surface area contributed by atoms with Crippen molar-refractivity contribution in [1.29, 1.82) is 0 Å². The summed E-state index contributed by atoms with van der Waals surface area (Å²) in [4.78, 5) is 7.35. The van der Waals surface area contributed by atoms with E-state index in [0.29, 0.717) is 30.4 Å². The van der Waals surface area contributed by atoms with Crippen LogP contribution >= 0.6 is 0 Å². The topological polar surface area (TPSA) is 40.7 Å². The first-order chi connectivity index (χ1) is 9.02. The molecule has 0 aliphatic rings. The van der Waals surface area contributed by atoms with Crippen molar-refractivity contribution in [3.8, 4) is 0 Å². The Morgan fingerprint density at radius 1 is 1.21 bits per heavy atom. The Balaban J connectivity index is 2.03. The third kappa shape index (κ3) is 4.13. The van der Waals surface area contributed by atoms with Crippen molar-refractivity contribution in [2.24, 2.45) is 0 Å². The summed E-state index contributed by atoms with van der Waals surface area (Å²) in [5.74, 6) is -0.433. The van der Waals surface area contributed by atoms with Crippen LogP contribution in [0, 0.1) is 11.6 Å². The van der Waals surface area contributed by atoms with E-state index < -0.39 is 11.6 Å². The van der Waals surface area contributed by atoms with E-state index in [-0.39, 0.29) is 0 Å². The molecule has 5 heteroatoms. The van der Waals surface area contributed by atoms with Crippen molar-refractivity contribution < 1.29 is 8.78 Å². The Morgan fingerprint density at radius 2 is 1.89 bits per heavy atom. The maximum absolute atomic E-state index is 13.1. The number of aromatic amines is 1. The number of hydrogen-bond acceptors (Lipinski definition) is 2. The van der Waals surface area contributed by atoms with Crippen molar-refractivity contribution in [2.45, 2.75) is 32.9 Å². The van der Waals surface area contributed by atoms with Crippen molar-refractivity contribution in [1.82, 2.24) is 15.3 Å². The molecule has 0 radical (unpaired) electrons. The fourth-order valence-electron chi connectivity index (χ4n) is 1.81. The van der Waals surface area contributed by atoms with Crippen molar-refractivity contribution in [2.75, 3.05) is 0 Å². The monoisotopic (exact) mass is 265 g/mol. The van der Waals surface area contributed by atoms with Gasteiger partial charge in [-0.15, -0.1) is 0 Å². The minimum atomic E-state index is -0.566. The molecule has 0 saturated heterocycles. The number of imidazole rings is 1. The molecule has 3 nitrogen and oxygen atoms in total. The van der Waals surface area contributed by atoms with Gasteiger partial charge in [-0.2, -0.15) is 0 Å². The molecule has 0 saturated carbocycles. The van der Waals surface area contributed by atoms with E-state index in [4.69, 9.17) is 0 Å². The zero-order chi connectivity index (χ0) is 13.8. The summed E-state index contributed by atoms with van der Waals surface area (Å²) in [7, 11) is 0. The first-order valence-corrected chi connectivity index (χ1v) is 6.24. The van der Waals surface area contributed by atoms with Crippen LogP contribution in [0.4, 0.5) is 8.78 Å². The predicted octanol–water partition coefficient (Wildman–Crippen LogP) is 2.78. The van der Waals surface area contributed by atoms with Crippen molar-refractivity contribution in [3.05, 3.63) is 53.1 Å². The summed E-state index contributed by atoms with van der Waals surface area (Å²) in [5.41, 5.74) is 1.52. The van der Waals surface area contributed by atoms with Gasteiger partial charge in [0.25, 0.3) is 0 Å². The molecule has 0 aliphatic heterocycles. The molecule has 19 heavy (non-hydrogen) atoms. The normalized spacial score (nSPS) is 11.2. The molecule has 2 N–H and O–H groups in total. The molecule has 102 valence electrons. The van der Waals surface area contributed by atoms with E-state index in [1.54, 1.807) is 6.20 Å². The number of hydrogen-bond donors (Lipinski definition) is 2. The van der Waals surface area contributed by atoms with Gasteiger partial charge in [0, 0.05) is 37.0 Å². The standard InChI is InChI=1S/C14H17F2N3/c1-9(2)17-7-13-8-18-14(19-13)5-10-3-11(15)6-12(16)4-10/h3-4,6,8-9,17H,5,7H2,1-2H3,(H,18,19). The van der Waals surface area contributed by atoms with Gasteiger partial charge in [-0.05, 0) is 17.7 Å². The lowest BCUT2D eigenvalue weighted by atomic mass is 10.1. The first kappa shape index (κ1) is 13.7. The van der Waals surface area contributed by atoms with E-state index in [1.165, 1.54) is 12.1 Å².